The summed E-state index contributed by atoms with van der Waals surface area (Å²) in [6, 6.07) is 13.8. The number of amides is 3. The average molecular weight is 539 g/mol. The van der Waals surface area contributed by atoms with Crippen LogP contribution in [0.25, 0.3) is 0 Å². The molecule has 0 bridgehead atoms. The van der Waals surface area contributed by atoms with Crippen LogP contribution in [-0.2, 0) is 9.53 Å². The monoisotopic (exact) mass is 538 g/mol. The Kier molecular flexibility index (Phi) is 9.07. The van der Waals surface area contributed by atoms with Gasteiger partial charge >= 0.3 is 12.0 Å². The second kappa shape index (κ2) is 12.5. The molecule has 1 unspecified atom stereocenters. The van der Waals surface area contributed by atoms with Gasteiger partial charge in [0.1, 0.15) is 0 Å². The summed E-state index contributed by atoms with van der Waals surface area (Å²) in [5.74, 6) is -0.430. The molecule has 2 aliphatic heterocycles. The molecule has 2 aromatic rings. The second-order valence-electron chi connectivity index (χ2n) is 9.55. The molecule has 4 rings (SSSR count). The number of aryl methyl sites for hydroxylation is 1. The molecule has 2 heterocycles. The van der Waals surface area contributed by atoms with E-state index in [1.54, 1.807) is 24.0 Å². The van der Waals surface area contributed by atoms with E-state index in [0.29, 0.717) is 54.6 Å². The Balaban J connectivity index is 1.61. The summed E-state index contributed by atoms with van der Waals surface area (Å²) < 4.78 is 5.46. The fourth-order valence-electron chi connectivity index (χ4n) is 4.99. The topological polar surface area (TPSA) is 82.2 Å². The molecule has 0 spiro atoms. The minimum Gasteiger partial charge on any atom is -0.463 e. The highest BCUT2D eigenvalue weighted by atomic mass is 35.5. The van der Waals surface area contributed by atoms with Gasteiger partial charge in [0.05, 0.1) is 18.2 Å². The number of carbonyl (C=O) groups excluding carboxylic acids is 3. The number of esters is 1. The zero-order valence-corrected chi connectivity index (χ0v) is 23.0. The summed E-state index contributed by atoms with van der Waals surface area (Å²) in [5.41, 5.74) is 3.61. The summed E-state index contributed by atoms with van der Waals surface area (Å²) in [6.07, 6.45) is 0.790. The van der Waals surface area contributed by atoms with Crippen LogP contribution in [0.5, 0.6) is 0 Å². The quantitative estimate of drug-likeness (QED) is 0.528. The maximum Gasteiger partial charge on any atom is 0.338 e. The molecule has 2 aliphatic rings. The minimum atomic E-state index is -0.650. The van der Waals surface area contributed by atoms with Crippen molar-refractivity contribution in [2.45, 2.75) is 33.2 Å². The molecule has 9 heteroatoms. The molecule has 1 atom stereocenters. The van der Waals surface area contributed by atoms with Crippen LogP contribution in [0.4, 0.5) is 4.79 Å². The first-order chi connectivity index (χ1) is 18.3. The first-order valence-corrected chi connectivity index (χ1v) is 13.5. The van der Waals surface area contributed by atoms with E-state index in [9.17, 15) is 14.4 Å². The number of hydrogen-bond acceptors (Lipinski definition) is 5. The number of likely N-dealkylation sites (N-methyl/N-ethyl adjacent to an activating group) is 1. The highest BCUT2D eigenvalue weighted by Crippen LogP contribution is 2.32. The van der Waals surface area contributed by atoms with Crippen LogP contribution >= 0.6 is 11.6 Å². The number of urea groups is 1. The number of rotatable bonds is 7. The van der Waals surface area contributed by atoms with Crippen molar-refractivity contribution >= 4 is 29.5 Å². The van der Waals surface area contributed by atoms with Crippen molar-refractivity contribution in [3.63, 3.8) is 0 Å². The lowest BCUT2D eigenvalue weighted by molar-refractivity contribution is -0.139. The number of ether oxygens (including phenoxy) is 1. The lowest BCUT2D eigenvalue weighted by Gasteiger charge is -2.38. The lowest BCUT2D eigenvalue weighted by Crippen LogP contribution is -2.51. The molecule has 2 aromatic carbocycles. The Hall–Kier alpha value is -3.36. The van der Waals surface area contributed by atoms with Crippen molar-refractivity contribution in [1.29, 1.82) is 0 Å². The van der Waals surface area contributed by atoms with Gasteiger partial charge in [-0.05, 0) is 57.0 Å². The Morgan fingerprint density at radius 1 is 1.00 bits per heavy atom. The van der Waals surface area contributed by atoms with Gasteiger partial charge in [-0.1, -0.05) is 41.4 Å². The van der Waals surface area contributed by atoms with E-state index in [-0.39, 0.29) is 18.5 Å². The van der Waals surface area contributed by atoms with Crippen molar-refractivity contribution in [3.05, 3.63) is 81.5 Å². The van der Waals surface area contributed by atoms with Crippen molar-refractivity contribution in [2.24, 2.45) is 0 Å². The van der Waals surface area contributed by atoms with E-state index in [0.717, 1.165) is 24.1 Å². The maximum atomic E-state index is 13.3. The molecule has 1 fully saturated rings. The third-order valence-corrected chi connectivity index (χ3v) is 7.25. The van der Waals surface area contributed by atoms with Gasteiger partial charge in [0, 0.05) is 55.6 Å². The van der Waals surface area contributed by atoms with Gasteiger partial charge in [-0.2, -0.15) is 0 Å². The fraction of sp³-hybridized carbons (Fsp3) is 0.414. The highest BCUT2D eigenvalue weighted by molar-refractivity contribution is 6.30. The van der Waals surface area contributed by atoms with Crippen LogP contribution in [0.15, 0.2) is 59.8 Å². The van der Waals surface area contributed by atoms with Crippen molar-refractivity contribution < 1.29 is 19.1 Å². The second-order valence-corrected chi connectivity index (χ2v) is 9.98. The van der Waals surface area contributed by atoms with E-state index >= 15 is 0 Å². The fourth-order valence-corrected chi connectivity index (χ4v) is 5.11. The van der Waals surface area contributed by atoms with Gasteiger partial charge in [-0.25, -0.2) is 9.59 Å². The van der Waals surface area contributed by atoms with Gasteiger partial charge in [0.2, 0.25) is 0 Å². The van der Waals surface area contributed by atoms with E-state index < -0.39 is 12.0 Å². The van der Waals surface area contributed by atoms with Crippen LogP contribution in [0.3, 0.4) is 0 Å². The Bertz CT molecular complexity index is 1200. The standard InChI is InChI=1S/C29H35ClN4O4/c1-4-34-24(19-32-15-6-16-33(18-17-32)27(35)22-9-7-20(3)8-10-22)25(28(36)38-5-2)26(31-29(34)37)21-11-13-23(30)14-12-21/h7-14,26H,4-6,15-19H2,1-3H3,(H,31,37). The number of benzene rings is 2. The van der Waals surface area contributed by atoms with Crippen LogP contribution in [0.2, 0.25) is 5.02 Å². The minimum absolute atomic E-state index is 0.0216. The van der Waals surface area contributed by atoms with E-state index in [2.05, 4.69) is 10.2 Å². The molecular formula is C29H35ClN4O4. The van der Waals surface area contributed by atoms with E-state index in [1.165, 1.54) is 0 Å². The van der Waals surface area contributed by atoms with Crippen LogP contribution < -0.4 is 5.32 Å². The molecule has 0 saturated carbocycles. The third-order valence-electron chi connectivity index (χ3n) is 7.00. The number of carbonyl (C=O) groups is 3. The molecule has 1 saturated heterocycles. The van der Waals surface area contributed by atoms with Crippen molar-refractivity contribution in [1.82, 2.24) is 20.0 Å². The number of halogens is 1. The average Bonchev–Trinajstić information content (AvgIpc) is 3.15. The zero-order valence-electron chi connectivity index (χ0n) is 22.2. The summed E-state index contributed by atoms with van der Waals surface area (Å²) in [6.45, 7) is 9.26. The molecular weight excluding hydrogens is 504 g/mol. The van der Waals surface area contributed by atoms with Crippen molar-refractivity contribution in [2.75, 3.05) is 45.9 Å². The maximum absolute atomic E-state index is 13.3. The number of nitrogens with one attached hydrogen (secondary N) is 1. The first-order valence-electron chi connectivity index (χ1n) is 13.1. The predicted octanol–water partition coefficient (Wildman–Crippen LogP) is 4.40. The van der Waals surface area contributed by atoms with Gasteiger partial charge in [0.25, 0.3) is 5.91 Å². The van der Waals surface area contributed by atoms with E-state index in [1.807, 2.05) is 55.1 Å². The van der Waals surface area contributed by atoms with Crippen LogP contribution in [0, 0.1) is 6.92 Å². The number of hydrogen-bond donors (Lipinski definition) is 1. The van der Waals surface area contributed by atoms with Crippen molar-refractivity contribution in [3.8, 4) is 0 Å². The zero-order chi connectivity index (χ0) is 27.2. The molecule has 1 N–H and O–H groups in total. The third kappa shape index (κ3) is 6.19. The SMILES string of the molecule is CCOC(=O)C1=C(CN2CCCN(C(=O)c3ccc(C)cc3)CC2)N(CC)C(=O)NC1c1ccc(Cl)cc1. The van der Waals surface area contributed by atoms with Crippen LogP contribution in [0.1, 0.15) is 47.8 Å². The largest absolute Gasteiger partial charge is 0.463 e. The molecule has 0 radical (unpaired) electrons. The molecule has 0 aliphatic carbocycles. The molecule has 0 aromatic heterocycles. The lowest BCUT2D eigenvalue weighted by atomic mass is 9.94. The molecule has 3 amide bonds. The first kappa shape index (κ1) is 27.7. The Labute approximate surface area is 229 Å². The molecule has 8 nitrogen and oxygen atoms in total. The predicted molar refractivity (Wildman–Crippen MR) is 147 cm³/mol. The summed E-state index contributed by atoms with van der Waals surface area (Å²) in [4.78, 5) is 45.3. The number of nitrogens with zero attached hydrogens (tertiary/aromatic N) is 3. The van der Waals surface area contributed by atoms with Gasteiger partial charge < -0.3 is 15.0 Å². The van der Waals surface area contributed by atoms with Gasteiger partial charge in [-0.3, -0.25) is 14.6 Å². The summed E-state index contributed by atoms with van der Waals surface area (Å²) >= 11 is 6.09. The Morgan fingerprint density at radius 2 is 1.71 bits per heavy atom. The van der Waals surface area contributed by atoms with Gasteiger partial charge in [-0.15, -0.1) is 0 Å². The molecule has 202 valence electrons. The van der Waals surface area contributed by atoms with E-state index in [4.69, 9.17) is 16.3 Å². The van der Waals surface area contributed by atoms with Crippen LogP contribution in [-0.4, -0.2) is 78.5 Å². The smallest absolute Gasteiger partial charge is 0.338 e. The Morgan fingerprint density at radius 3 is 2.37 bits per heavy atom. The highest BCUT2D eigenvalue weighted by Gasteiger charge is 2.38. The molecule has 38 heavy (non-hydrogen) atoms. The van der Waals surface area contributed by atoms with Gasteiger partial charge in [0.15, 0.2) is 0 Å². The summed E-state index contributed by atoms with van der Waals surface area (Å²) in [5, 5.41) is 3.55. The summed E-state index contributed by atoms with van der Waals surface area (Å²) in [7, 11) is 0. The normalized spacial score (nSPS) is 18.7.